The zero-order valence-corrected chi connectivity index (χ0v) is 13.3. The summed E-state index contributed by atoms with van der Waals surface area (Å²) in [6.45, 7) is 5.82. The van der Waals surface area contributed by atoms with E-state index in [2.05, 4.69) is 39.7 Å². The molecule has 0 amide bonds. The van der Waals surface area contributed by atoms with Crippen LogP contribution in [0.2, 0.25) is 0 Å². The van der Waals surface area contributed by atoms with Gasteiger partial charge < -0.3 is 10.1 Å². The summed E-state index contributed by atoms with van der Waals surface area (Å²) >= 11 is 1.57. The van der Waals surface area contributed by atoms with Crippen molar-refractivity contribution < 1.29 is 4.74 Å². The lowest BCUT2D eigenvalue weighted by Gasteiger charge is -2.09. The van der Waals surface area contributed by atoms with E-state index >= 15 is 0 Å². The van der Waals surface area contributed by atoms with Crippen molar-refractivity contribution in [1.29, 1.82) is 0 Å². The predicted molar refractivity (Wildman–Crippen MR) is 81.3 cm³/mol. The van der Waals surface area contributed by atoms with Crippen molar-refractivity contribution in [3.63, 3.8) is 0 Å². The number of aromatic nitrogens is 5. The summed E-state index contributed by atoms with van der Waals surface area (Å²) in [4.78, 5) is 4.18. The number of methoxy groups -OCH3 is 1. The zero-order valence-electron chi connectivity index (χ0n) is 12.5. The van der Waals surface area contributed by atoms with Crippen LogP contribution in [0.5, 0.6) is 5.88 Å². The molecular weight excluding hydrogens is 288 g/mol. The van der Waals surface area contributed by atoms with Crippen LogP contribution in [0.25, 0.3) is 0 Å². The molecule has 2 heterocycles. The van der Waals surface area contributed by atoms with E-state index in [4.69, 9.17) is 4.74 Å². The van der Waals surface area contributed by atoms with Gasteiger partial charge in [-0.1, -0.05) is 31.7 Å². The Labute approximate surface area is 128 Å². The van der Waals surface area contributed by atoms with Gasteiger partial charge in [-0.05, 0) is 16.5 Å². The molecule has 0 saturated carbocycles. The number of thioether (sulfide) groups is 1. The lowest BCUT2D eigenvalue weighted by Crippen LogP contribution is -2.27. The van der Waals surface area contributed by atoms with Crippen LogP contribution in [-0.4, -0.2) is 44.9 Å². The van der Waals surface area contributed by atoms with E-state index in [0.29, 0.717) is 11.9 Å². The summed E-state index contributed by atoms with van der Waals surface area (Å²) in [5.74, 6) is 1.36. The SMILES string of the molecule is COc1ncccc1CSc1nnnn1CCNC(C)C. The van der Waals surface area contributed by atoms with Crippen LogP contribution in [-0.2, 0) is 12.3 Å². The maximum Gasteiger partial charge on any atom is 0.217 e. The van der Waals surface area contributed by atoms with Gasteiger partial charge in [0.15, 0.2) is 0 Å². The molecule has 8 heteroatoms. The average Bonchev–Trinajstić information content (AvgIpc) is 2.92. The van der Waals surface area contributed by atoms with Crippen LogP contribution in [0.4, 0.5) is 0 Å². The standard InChI is InChI=1S/C13H20N6OS/c1-10(2)14-7-8-19-13(16-17-18-19)21-9-11-5-4-6-15-12(11)20-3/h4-6,10,14H,7-9H2,1-3H3. The first-order chi connectivity index (χ1) is 10.2. The third-order valence-corrected chi connectivity index (χ3v) is 3.78. The molecule has 0 saturated heterocycles. The molecule has 2 aromatic rings. The fourth-order valence-corrected chi connectivity index (χ4v) is 2.63. The Bertz CT molecular complexity index is 559. The summed E-state index contributed by atoms with van der Waals surface area (Å²) in [6.07, 6.45) is 1.72. The normalized spacial score (nSPS) is 11.0. The van der Waals surface area contributed by atoms with Crippen LogP contribution in [0.1, 0.15) is 19.4 Å². The van der Waals surface area contributed by atoms with Crippen molar-refractivity contribution in [3.8, 4) is 5.88 Å². The smallest absolute Gasteiger partial charge is 0.217 e. The molecular formula is C13H20N6OS. The van der Waals surface area contributed by atoms with Crippen molar-refractivity contribution in [2.24, 2.45) is 0 Å². The summed E-state index contributed by atoms with van der Waals surface area (Å²) in [5.41, 5.74) is 1.03. The van der Waals surface area contributed by atoms with Crippen LogP contribution in [0, 0.1) is 0 Å². The van der Waals surface area contributed by atoms with E-state index < -0.39 is 0 Å². The molecule has 7 nitrogen and oxygen atoms in total. The van der Waals surface area contributed by atoms with E-state index in [1.54, 1.807) is 25.1 Å². The highest BCUT2D eigenvalue weighted by molar-refractivity contribution is 7.98. The van der Waals surface area contributed by atoms with Gasteiger partial charge in [-0.3, -0.25) is 0 Å². The number of nitrogens with zero attached hydrogens (tertiary/aromatic N) is 5. The molecule has 0 unspecified atom stereocenters. The van der Waals surface area contributed by atoms with Gasteiger partial charge in [0.1, 0.15) is 0 Å². The molecule has 1 N–H and O–H groups in total. The predicted octanol–water partition coefficient (Wildman–Crippen LogP) is 1.37. The van der Waals surface area contributed by atoms with E-state index in [1.807, 2.05) is 16.8 Å². The molecule has 0 atom stereocenters. The highest BCUT2D eigenvalue weighted by Crippen LogP contribution is 2.24. The third kappa shape index (κ3) is 4.68. The molecule has 0 aromatic carbocycles. The second kappa shape index (κ2) is 7.94. The maximum atomic E-state index is 5.24. The van der Waals surface area contributed by atoms with Crippen LogP contribution < -0.4 is 10.1 Å². The summed E-state index contributed by atoms with van der Waals surface area (Å²) in [6, 6.07) is 4.35. The number of nitrogens with one attached hydrogen (secondary N) is 1. The first kappa shape index (κ1) is 15.7. The van der Waals surface area contributed by atoms with Crippen LogP contribution in [0.15, 0.2) is 23.5 Å². The molecule has 21 heavy (non-hydrogen) atoms. The van der Waals surface area contributed by atoms with Gasteiger partial charge >= 0.3 is 0 Å². The molecule has 2 rings (SSSR count). The first-order valence-corrected chi connectivity index (χ1v) is 7.79. The van der Waals surface area contributed by atoms with Crippen molar-refractivity contribution in [2.45, 2.75) is 37.3 Å². The second-order valence-electron chi connectivity index (χ2n) is 4.75. The third-order valence-electron chi connectivity index (χ3n) is 2.78. The van der Waals surface area contributed by atoms with E-state index in [0.717, 1.165) is 29.6 Å². The Morgan fingerprint density at radius 2 is 2.29 bits per heavy atom. The first-order valence-electron chi connectivity index (χ1n) is 6.81. The lowest BCUT2D eigenvalue weighted by molar-refractivity contribution is 0.394. The minimum Gasteiger partial charge on any atom is -0.481 e. The second-order valence-corrected chi connectivity index (χ2v) is 5.70. The molecule has 2 aromatic heterocycles. The van der Waals surface area contributed by atoms with Crippen molar-refractivity contribution >= 4 is 11.8 Å². The van der Waals surface area contributed by atoms with Gasteiger partial charge in [-0.2, -0.15) is 0 Å². The Balaban J connectivity index is 1.93. The number of ether oxygens (including phenoxy) is 1. The van der Waals surface area contributed by atoms with E-state index in [1.165, 1.54) is 0 Å². The van der Waals surface area contributed by atoms with Gasteiger partial charge in [-0.15, -0.1) is 5.10 Å². The Hall–Kier alpha value is -1.67. The molecule has 0 fully saturated rings. The van der Waals surface area contributed by atoms with Crippen molar-refractivity contribution in [2.75, 3.05) is 13.7 Å². The molecule has 0 bridgehead atoms. The minimum absolute atomic E-state index is 0.456. The topological polar surface area (TPSA) is 77.8 Å². The average molecular weight is 308 g/mol. The van der Waals surface area contributed by atoms with E-state index in [-0.39, 0.29) is 0 Å². The molecule has 114 valence electrons. The van der Waals surface area contributed by atoms with Crippen molar-refractivity contribution in [3.05, 3.63) is 23.9 Å². The number of tetrazole rings is 1. The minimum atomic E-state index is 0.456. The van der Waals surface area contributed by atoms with Gasteiger partial charge in [0.05, 0.1) is 13.7 Å². The van der Waals surface area contributed by atoms with Gasteiger partial charge in [0, 0.05) is 30.1 Å². The fraction of sp³-hybridized carbons (Fsp3) is 0.538. The molecule has 0 radical (unpaired) electrons. The van der Waals surface area contributed by atoms with Crippen LogP contribution >= 0.6 is 11.8 Å². The number of hydrogen-bond acceptors (Lipinski definition) is 7. The number of hydrogen-bond donors (Lipinski definition) is 1. The number of pyridine rings is 1. The fourth-order valence-electron chi connectivity index (χ4n) is 1.76. The summed E-state index contributed by atoms with van der Waals surface area (Å²) in [5, 5.41) is 16.0. The van der Waals surface area contributed by atoms with Crippen molar-refractivity contribution in [1.82, 2.24) is 30.5 Å². The number of rotatable bonds is 8. The summed E-state index contributed by atoms with van der Waals surface area (Å²) in [7, 11) is 1.62. The molecule has 0 aliphatic carbocycles. The molecule has 0 aliphatic rings. The highest BCUT2D eigenvalue weighted by atomic mass is 32.2. The van der Waals surface area contributed by atoms with E-state index in [9.17, 15) is 0 Å². The zero-order chi connectivity index (χ0) is 15.1. The van der Waals surface area contributed by atoms with Gasteiger partial charge in [-0.25, -0.2) is 9.67 Å². The monoisotopic (exact) mass is 308 g/mol. The Morgan fingerprint density at radius 3 is 3.05 bits per heavy atom. The van der Waals surface area contributed by atoms with Gasteiger partial charge in [0.25, 0.3) is 0 Å². The quantitative estimate of drug-likeness (QED) is 0.738. The Morgan fingerprint density at radius 1 is 1.43 bits per heavy atom. The van der Waals surface area contributed by atoms with Gasteiger partial charge in [0.2, 0.25) is 11.0 Å². The highest BCUT2D eigenvalue weighted by Gasteiger charge is 2.10. The van der Waals surface area contributed by atoms with Crippen LogP contribution in [0.3, 0.4) is 0 Å². The maximum absolute atomic E-state index is 5.24. The Kier molecular flexibility index (Phi) is 5.94. The summed E-state index contributed by atoms with van der Waals surface area (Å²) < 4.78 is 7.05. The lowest BCUT2D eigenvalue weighted by atomic mass is 10.3. The molecule has 0 aliphatic heterocycles. The molecule has 0 spiro atoms. The largest absolute Gasteiger partial charge is 0.481 e.